The van der Waals surface area contributed by atoms with Gasteiger partial charge in [-0.05, 0) is 43.7 Å². The number of anilines is 2. The van der Waals surface area contributed by atoms with Crippen LogP contribution in [-0.2, 0) is 10.0 Å². The Labute approximate surface area is 175 Å². The lowest BCUT2D eigenvalue weighted by Gasteiger charge is -2.09. The zero-order valence-electron chi connectivity index (χ0n) is 16.6. The minimum absolute atomic E-state index is 0.0117. The number of hydrogen-bond acceptors (Lipinski definition) is 7. The first kappa shape index (κ1) is 21.2. The third-order valence-electron chi connectivity index (χ3n) is 4.21. The van der Waals surface area contributed by atoms with E-state index < -0.39 is 10.0 Å². The number of nitrogens with zero attached hydrogens (tertiary/aromatic N) is 3. The van der Waals surface area contributed by atoms with Crippen LogP contribution in [0.15, 0.2) is 82.7 Å². The quantitative estimate of drug-likeness (QED) is 0.501. The molecule has 3 aromatic rings. The molecular formula is C21H22N6O2S. The van der Waals surface area contributed by atoms with E-state index in [0.717, 1.165) is 27.9 Å². The second-order valence-corrected chi connectivity index (χ2v) is 8.19. The molecule has 1 aromatic heterocycles. The maximum absolute atomic E-state index is 11.4. The molecule has 0 spiro atoms. The van der Waals surface area contributed by atoms with Crippen molar-refractivity contribution < 1.29 is 8.42 Å². The Morgan fingerprint density at radius 2 is 1.97 bits per heavy atom. The summed E-state index contributed by atoms with van der Waals surface area (Å²) in [5, 5.41) is 20.6. The van der Waals surface area contributed by atoms with Crippen molar-refractivity contribution in [2.45, 2.75) is 18.7 Å². The van der Waals surface area contributed by atoms with Crippen molar-refractivity contribution >= 4 is 38.5 Å². The number of fused-ring (bicyclic) bond motifs is 1. The van der Waals surface area contributed by atoms with Crippen LogP contribution < -0.4 is 15.8 Å². The molecule has 0 saturated carbocycles. The number of primary sulfonamides is 1. The molecule has 0 fully saturated rings. The standard InChI is InChI=1S/C21H22N6O2S/c1-14-6-4-9-19-20(13-24-27-21(14)19)25-15(2)10-11-23-16(3)26-17-7-5-8-18(12-17)30(22,28)29/h4-13,26H,3H2,1-2H3,(H,25,27)(H2,22,28,29)/b15-10+,23-11-. The van der Waals surface area contributed by atoms with Gasteiger partial charge in [0, 0.05) is 23.0 Å². The molecule has 2 aromatic carbocycles. The monoisotopic (exact) mass is 422 g/mol. The van der Waals surface area contributed by atoms with Crippen LogP contribution in [0.4, 0.5) is 11.4 Å². The molecule has 0 radical (unpaired) electrons. The molecule has 0 aliphatic rings. The molecule has 1 heterocycles. The van der Waals surface area contributed by atoms with Gasteiger partial charge in [0.05, 0.1) is 22.3 Å². The highest BCUT2D eigenvalue weighted by molar-refractivity contribution is 7.89. The van der Waals surface area contributed by atoms with Crippen LogP contribution in [0.3, 0.4) is 0 Å². The lowest BCUT2D eigenvalue weighted by Crippen LogP contribution is -2.12. The Hall–Kier alpha value is -3.56. The van der Waals surface area contributed by atoms with Crippen molar-refractivity contribution in [1.29, 1.82) is 0 Å². The van der Waals surface area contributed by atoms with Crippen LogP contribution in [-0.4, -0.2) is 24.8 Å². The normalized spacial score (nSPS) is 12.3. The van der Waals surface area contributed by atoms with Crippen molar-refractivity contribution in [2.75, 3.05) is 10.6 Å². The maximum Gasteiger partial charge on any atom is 0.238 e. The van der Waals surface area contributed by atoms with Gasteiger partial charge < -0.3 is 10.6 Å². The summed E-state index contributed by atoms with van der Waals surface area (Å²) in [6.07, 6.45) is 5.05. The van der Waals surface area contributed by atoms with Crippen molar-refractivity contribution in [3.05, 3.63) is 78.4 Å². The number of hydrogen-bond donors (Lipinski definition) is 3. The predicted molar refractivity (Wildman–Crippen MR) is 121 cm³/mol. The number of rotatable bonds is 7. The smallest absolute Gasteiger partial charge is 0.238 e. The predicted octanol–water partition coefficient (Wildman–Crippen LogP) is 3.56. The Morgan fingerprint density at radius 1 is 1.20 bits per heavy atom. The zero-order valence-corrected chi connectivity index (χ0v) is 17.4. The molecule has 0 aliphatic heterocycles. The minimum atomic E-state index is -3.77. The molecule has 8 nitrogen and oxygen atoms in total. The van der Waals surface area contributed by atoms with Crippen LogP contribution in [0.2, 0.25) is 0 Å². The first-order valence-corrected chi connectivity index (χ1v) is 10.6. The van der Waals surface area contributed by atoms with Gasteiger partial charge in [0.2, 0.25) is 10.0 Å². The third-order valence-corrected chi connectivity index (χ3v) is 5.12. The summed E-state index contributed by atoms with van der Waals surface area (Å²) in [4.78, 5) is 4.23. The molecule has 0 amide bonds. The maximum atomic E-state index is 11.4. The van der Waals surface area contributed by atoms with E-state index in [2.05, 4.69) is 32.4 Å². The Kier molecular flexibility index (Phi) is 6.24. The highest BCUT2D eigenvalue weighted by atomic mass is 32.2. The second kappa shape index (κ2) is 8.85. The number of nitrogens with two attached hydrogens (primary N) is 1. The van der Waals surface area contributed by atoms with Crippen LogP contribution in [0.1, 0.15) is 12.5 Å². The molecular weight excluding hydrogens is 400 g/mol. The van der Waals surface area contributed by atoms with E-state index in [0.29, 0.717) is 11.5 Å². The molecule has 0 unspecified atom stereocenters. The fraction of sp³-hybridized carbons (Fsp3) is 0.0952. The Morgan fingerprint density at radius 3 is 2.73 bits per heavy atom. The SMILES string of the molecule is C=C(/N=C\C=C(/C)Nc1cnnc2c(C)cccc12)Nc1cccc(S(N)(=O)=O)c1. The summed E-state index contributed by atoms with van der Waals surface area (Å²) >= 11 is 0. The molecule has 0 bridgehead atoms. The van der Waals surface area contributed by atoms with E-state index in [1.54, 1.807) is 30.6 Å². The van der Waals surface area contributed by atoms with Gasteiger partial charge in [-0.3, -0.25) is 0 Å². The highest BCUT2D eigenvalue weighted by Crippen LogP contribution is 2.23. The molecule has 4 N–H and O–H groups in total. The van der Waals surface area contributed by atoms with Crippen molar-refractivity contribution in [2.24, 2.45) is 10.1 Å². The van der Waals surface area contributed by atoms with E-state index in [1.165, 1.54) is 12.1 Å². The van der Waals surface area contributed by atoms with Gasteiger partial charge in [-0.25, -0.2) is 18.5 Å². The summed E-state index contributed by atoms with van der Waals surface area (Å²) in [6, 6.07) is 12.1. The lowest BCUT2D eigenvalue weighted by atomic mass is 10.1. The average Bonchev–Trinajstić information content (AvgIpc) is 2.68. The lowest BCUT2D eigenvalue weighted by molar-refractivity contribution is 0.598. The van der Waals surface area contributed by atoms with Crippen LogP contribution in [0.25, 0.3) is 10.9 Å². The molecule has 30 heavy (non-hydrogen) atoms. The van der Waals surface area contributed by atoms with Crippen LogP contribution in [0.5, 0.6) is 0 Å². The van der Waals surface area contributed by atoms with Crippen LogP contribution in [0, 0.1) is 6.92 Å². The number of aromatic nitrogens is 2. The van der Waals surface area contributed by atoms with Gasteiger partial charge in [-0.2, -0.15) is 10.2 Å². The topological polar surface area (TPSA) is 122 Å². The number of allylic oxidation sites excluding steroid dienone is 2. The number of aliphatic imine (C=N–C) groups is 1. The van der Waals surface area contributed by atoms with Gasteiger partial charge in [-0.1, -0.05) is 30.8 Å². The third kappa shape index (κ3) is 5.28. The fourth-order valence-electron chi connectivity index (χ4n) is 2.77. The molecule has 154 valence electrons. The second-order valence-electron chi connectivity index (χ2n) is 6.63. The average molecular weight is 423 g/mol. The van der Waals surface area contributed by atoms with Crippen molar-refractivity contribution in [3.63, 3.8) is 0 Å². The van der Waals surface area contributed by atoms with E-state index in [1.807, 2.05) is 32.0 Å². The Balaban J connectivity index is 1.67. The summed E-state index contributed by atoms with van der Waals surface area (Å²) < 4.78 is 22.9. The van der Waals surface area contributed by atoms with Gasteiger partial charge >= 0.3 is 0 Å². The molecule has 0 aliphatic carbocycles. The number of benzene rings is 2. The first-order valence-electron chi connectivity index (χ1n) is 9.02. The van der Waals surface area contributed by atoms with E-state index in [-0.39, 0.29) is 4.90 Å². The van der Waals surface area contributed by atoms with Gasteiger partial charge in [-0.15, -0.1) is 0 Å². The summed E-state index contributed by atoms with van der Waals surface area (Å²) in [5.41, 5.74) is 4.12. The number of aryl methyl sites for hydroxylation is 1. The summed E-state index contributed by atoms with van der Waals surface area (Å²) in [5.74, 6) is 0.345. The van der Waals surface area contributed by atoms with Gasteiger partial charge in [0.25, 0.3) is 0 Å². The first-order chi connectivity index (χ1) is 14.2. The van der Waals surface area contributed by atoms with E-state index >= 15 is 0 Å². The minimum Gasteiger partial charge on any atom is -0.357 e. The summed E-state index contributed by atoms with van der Waals surface area (Å²) in [7, 11) is -3.77. The zero-order chi connectivity index (χ0) is 21.7. The number of nitrogens with one attached hydrogen (secondary N) is 2. The van der Waals surface area contributed by atoms with Gasteiger partial charge in [0.1, 0.15) is 5.82 Å². The molecule has 0 atom stereocenters. The van der Waals surface area contributed by atoms with Crippen molar-refractivity contribution in [1.82, 2.24) is 10.2 Å². The van der Waals surface area contributed by atoms with Gasteiger partial charge in [0.15, 0.2) is 0 Å². The molecule has 3 rings (SSSR count). The number of sulfonamides is 1. The molecule has 9 heteroatoms. The largest absolute Gasteiger partial charge is 0.357 e. The van der Waals surface area contributed by atoms with Crippen molar-refractivity contribution in [3.8, 4) is 0 Å². The Bertz CT molecular complexity index is 1270. The molecule has 0 saturated heterocycles. The highest BCUT2D eigenvalue weighted by Gasteiger charge is 2.08. The van der Waals surface area contributed by atoms with Crippen LogP contribution >= 0.6 is 0 Å². The van der Waals surface area contributed by atoms with E-state index in [4.69, 9.17) is 5.14 Å². The van der Waals surface area contributed by atoms with E-state index in [9.17, 15) is 8.42 Å². The summed E-state index contributed by atoms with van der Waals surface area (Å²) in [6.45, 7) is 7.71. The fourth-order valence-corrected chi connectivity index (χ4v) is 3.32.